The summed E-state index contributed by atoms with van der Waals surface area (Å²) in [6, 6.07) is 8.77. The van der Waals surface area contributed by atoms with E-state index in [-0.39, 0.29) is 30.0 Å². The van der Waals surface area contributed by atoms with Crippen LogP contribution in [0.2, 0.25) is 0 Å². The molecule has 1 saturated heterocycles. The molecule has 3 N–H and O–H groups in total. The highest BCUT2D eigenvalue weighted by Gasteiger charge is 2.22. The molecule has 1 aromatic carbocycles. The summed E-state index contributed by atoms with van der Waals surface area (Å²) in [5.41, 5.74) is 7.31. The Morgan fingerprint density at radius 2 is 2.20 bits per heavy atom. The first kappa shape index (κ1) is 20.3. The van der Waals surface area contributed by atoms with Crippen LogP contribution in [0.25, 0.3) is 0 Å². The maximum Gasteiger partial charge on any atom is 0.189 e. The second-order valence-corrected chi connectivity index (χ2v) is 7.19. The standard InChI is InChI=1S/C19H30N4O.HI/c1-14-6-5-10-23(13-14)15(2)12-21-19(20)22-17-9-11-24-18-8-4-3-7-16(17)18;/h3-4,7-8,14-15,17H,5-6,9-13H2,1-2H3,(H3,20,21,22);1H. The van der Waals surface area contributed by atoms with Gasteiger partial charge in [-0.05, 0) is 38.3 Å². The zero-order valence-corrected chi connectivity index (χ0v) is 17.6. The number of hydrogen-bond acceptors (Lipinski definition) is 3. The molecule has 0 aromatic heterocycles. The molecular formula is C19H31IN4O. The number of para-hydroxylation sites is 1. The van der Waals surface area contributed by atoms with E-state index in [1.807, 2.05) is 18.2 Å². The average molecular weight is 458 g/mol. The van der Waals surface area contributed by atoms with E-state index in [4.69, 9.17) is 10.5 Å². The quantitative estimate of drug-likeness (QED) is 0.414. The van der Waals surface area contributed by atoms with Crippen LogP contribution in [0.3, 0.4) is 0 Å². The Kier molecular flexibility index (Phi) is 7.81. The number of nitrogens with one attached hydrogen (secondary N) is 1. The van der Waals surface area contributed by atoms with Crippen molar-refractivity contribution in [2.75, 3.05) is 26.2 Å². The van der Waals surface area contributed by atoms with Gasteiger partial charge in [0.15, 0.2) is 5.96 Å². The Morgan fingerprint density at radius 3 is 3.00 bits per heavy atom. The van der Waals surface area contributed by atoms with Crippen molar-refractivity contribution in [1.29, 1.82) is 0 Å². The van der Waals surface area contributed by atoms with E-state index in [2.05, 4.69) is 35.1 Å². The minimum absolute atomic E-state index is 0. The van der Waals surface area contributed by atoms with Crippen molar-refractivity contribution in [3.05, 3.63) is 29.8 Å². The molecule has 0 aliphatic carbocycles. The topological polar surface area (TPSA) is 62.9 Å². The molecule has 25 heavy (non-hydrogen) atoms. The second-order valence-electron chi connectivity index (χ2n) is 7.19. The number of piperidine rings is 1. The zero-order chi connectivity index (χ0) is 16.9. The van der Waals surface area contributed by atoms with Gasteiger partial charge in [0.05, 0.1) is 19.2 Å². The third-order valence-corrected chi connectivity index (χ3v) is 5.12. The summed E-state index contributed by atoms with van der Waals surface area (Å²) >= 11 is 0. The van der Waals surface area contributed by atoms with Crippen molar-refractivity contribution in [2.45, 2.75) is 45.2 Å². The van der Waals surface area contributed by atoms with Crippen molar-refractivity contribution < 1.29 is 4.74 Å². The van der Waals surface area contributed by atoms with Crippen LogP contribution >= 0.6 is 24.0 Å². The van der Waals surface area contributed by atoms with E-state index in [0.29, 0.717) is 18.6 Å². The van der Waals surface area contributed by atoms with E-state index in [1.54, 1.807) is 0 Å². The molecule has 140 valence electrons. The Bertz CT molecular complexity index is 580. The molecule has 5 nitrogen and oxygen atoms in total. The van der Waals surface area contributed by atoms with Gasteiger partial charge in [-0.15, -0.1) is 24.0 Å². The van der Waals surface area contributed by atoms with Crippen LogP contribution in [-0.4, -0.2) is 43.1 Å². The molecule has 0 bridgehead atoms. The van der Waals surface area contributed by atoms with Gasteiger partial charge in [-0.25, -0.2) is 0 Å². The summed E-state index contributed by atoms with van der Waals surface area (Å²) in [4.78, 5) is 7.13. The monoisotopic (exact) mass is 458 g/mol. The number of nitrogens with zero attached hydrogens (tertiary/aromatic N) is 2. The molecule has 2 aliphatic rings. The summed E-state index contributed by atoms with van der Waals surface area (Å²) in [5, 5.41) is 3.37. The maximum atomic E-state index is 6.15. The van der Waals surface area contributed by atoms with E-state index < -0.39 is 0 Å². The van der Waals surface area contributed by atoms with Crippen LogP contribution in [0.15, 0.2) is 29.3 Å². The minimum Gasteiger partial charge on any atom is -0.493 e. The molecule has 0 saturated carbocycles. The molecule has 2 heterocycles. The van der Waals surface area contributed by atoms with Gasteiger partial charge >= 0.3 is 0 Å². The average Bonchev–Trinajstić information content (AvgIpc) is 2.60. The minimum atomic E-state index is 0. The number of fused-ring (bicyclic) bond motifs is 1. The summed E-state index contributed by atoms with van der Waals surface area (Å²) in [7, 11) is 0. The number of aliphatic imine (C=N–C) groups is 1. The van der Waals surface area contributed by atoms with Gasteiger partial charge in [-0.1, -0.05) is 25.1 Å². The highest BCUT2D eigenvalue weighted by atomic mass is 127. The van der Waals surface area contributed by atoms with E-state index in [0.717, 1.165) is 24.6 Å². The Hall–Kier alpha value is -1.02. The molecule has 1 fully saturated rings. The fourth-order valence-corrected chi connectivity index (χ4v) is 3.69. The van der Waals surface area contributed by atoms with Crippen molar-refractivity contribution in [2.24, 2.45) is 16.6 Å². The van der Waals surface area contributed by atoms with Gasteiger partial charge in [-0.2, -0.15) is 0 Å². The molecular weight excluding hydrogens is 427 g/mol. The number of benzene rings is 1. The van der Waals surface area contributed by atoms with Gasteiger partial charge in [0.2, 0.25) is 0 Å². The molecule has 3 atom stereocenters. The van der Waals surface area contributed by atoms with Gasteiger partial charge in [0, 0.05) is 24.6 Å². The number of rotatable bonds is 4. The van der Waals surface area contributed by atoms with Crippen molar-refractivity contribution in [3.63, 3.8) is 0 Å². The first-order valence-electron chi connectivity index (χ1n) is 9.15. The van der Waals surface area contributed by atoms with E-state index >= 15 is 0 Å². The number of hydrogen-bond donors (Lipinski definition) is 2. The van der Waals surface area contributed by atoms with Gasteiger partial charge in [-0.3, -0.25) is 9.89 Å². The van der Waals surface area contributed by atoms with Crippen LogP contribution in [0.4, 0.5) is 0 Å². The highest BCUT2D eigenvalue weighted by molar-refractivity contribution is 14.0. The third kappa shape index (κ3) is 5.48. The summed E-state index contributed by atoms with van der Waals surface area (Å²) in [5.74, 6) is 2.28. The molecule has 0 spiro atoms. The highest BCUT2D eigenvalue weighted by Crippen LogP contribution is 2.31. The molecule has 0 amide bonds. The molecule has 6 heteroatoms. The normalized spacial score (nSPS) is 25.3. The fraction of sp³-hybridized carbons (Fsp3) is 0.632. The van der Waals surface area contributed by atoms with Crippen molar-refractivity contribution in [1.82, 2.24) is 10.2 Å². The van der Waals surface area contributed by atoms with Crippen LogP contribution < -0.4 is 15.8 Å². The molecule has 2 aliphatic heterocycles. The lowest BCUT2D eigenvalue weighted by Crippen LogP contribution is -2.43. The van der Waals surface area contributed by atoms with Gasteiger partial charge < -0.3 is 15.8 Å². The van der Waals surface area contributed by atoms with Crippen LogP contribution in [-0.2, 0) is 0 Å². The molecule has 3 rings (SSSR count). The van der Waals surface area contributed by atoms with Crippen LogP contribution in [0, 0.1) is 5.92 Å². The Balaban J connectivity index is 0.00000225. The van der Waals surface area contributed by atoms with E-state index in [9.17, 15) is 0 Å². The predicted molar refractivity (Wildman–Crippen MR) is 114 cm³/mol. The van der Waals surface area contributed by atoms with E-state index in [1.165, 1.54) is 31.5 Å². The van der Waals surface area contributed by atoms with Crippen molar-refractivity contribution >= 4 is 29.9 Å². The van der Waals surface area contributed by atoms with Crippen molar-refractivity contribution in [3.8, 4) is 5.75 Å². The number of likely N-dealkylation sites (tertiary alicyclic amines) is 1. The number of guanidine groups is 1. The lowest BCUT2D eigenvalue weighted by Gasteiger charge is -2.35. The van der Waals surface area contributed by atoms with Crippen LogP contribution in [0.1, 0.15) is 44.7 Å². The lowest BCUT2D eigenvalue weighted by atomic mass is 9.99. The third-order valence-electron chi connectivity index (χ3n) is 5.12. The predicted octanol–water partition coefficient (Wildman–Crippen LogP) is 3.15. The summed E-state index contributed by atoms with van der Waals surface area (Å²) in [6.45, 7) is 8.40. The Labute approximate surface area is 168 Å². The SMILES string of the molecule is CC1CCCN(C(C)CN=C(N)NC2CCOc3ccccc32)C1.I. The fourth-order valence-electron chi connectivity index (χ4n) is 3.69. The molecule has 3 unspecified atom stereocenters. The van der Waals surface area contributed by atoms with Gasteiger partial charge in [0.1, 0.15) is 5.75 Å². The molecule has 1 aromatic rings. The zero-order valence-electron chi connectivity index (χ0n) is 15.3. The lowest BCUT2D eigenvalue weighted by molar-refractivity contribution is 0.142. The number of nitrogens with two attached hydrogens (primary N) is 1. The Morgan fingerprint density at radius 1 is 1.40 bits per heavy atom. The van der Waals surface area contributed by atoms with Gasteiger partial charge in [0.25, 0.3) is 0 Å². The first-order chi connectivity index (χ1) is 11.6. The summed E-state index contributed by atoms with van der Waals surface area (Å²) < 4.78 is 5.70. The smallest absolute Gasteiger partial charge is 0.189 e. The number of ether oxygens (including phenoxy) is 1. The summed E-state index contributed by atoms with van der Waals surface area (Å²) in [6.07, 6.45) is 3.55. The molecule has 0 radical (unpaired) electrons. The largest absolute Gasteiger partial charge is 0.493 e. The second kappa shape index (κ2) is 9.62. The van der Waals surface area contributed by atoms with Crippen LogP contribution in [0.5, 0.6) is 5.75 Å². The number of halogens is 1. The first-order valence-corrected chi connectivity index (χ1v) is 9.15. The maximum absolute atomic E-state index is 6.15.